The molecule has 19 N–H and O–H groups in total. The van der Waals surface area contributed by atoms with Gasteiger partial charge in [0.15, 0.2) is 18.9 Å². The maximum Gasteiger partial charge on any atom is 0.187 e. The number of imidazole rings is 1. The first-order valence-electron chi connectivity index (χ1n) is 23.6. The Labute approximate surface area is 402 Å². The molecule has 4 aliphatic heterocycles. The summed E-state index contributed by atoms with van der Waals surface area (Å²) in [5.41, 5.74) is 41.2. The second-order valence-corrected chi connectivity index (χ2v) is 18.9. The molecule has 0 radical (unpaired) electrons. The van der Waals surface area contributed by atoms with Crippen molar-refractivity contribution >= 4 is 16.7 Å². The Hall–Kier alpha value is -4.11. The number of fused-ring (bicyclic) bond motifs is 1. The Morgan fingerprint density at radius 3 is 1.94 bits per heavy atom. The molecule has 4 aromatic rings. The van der Waals surface area contributed by atoms with Crippen LogP contribution in [0.1, 0.15) is 12.1 Å². The van der Waals surface area contributed by atoms with E-state index in [1.807, 2.05) is 30.3 Å². The highest BCUT2D eigenvalue weighted by atomic mass is 16.8. The molecule has 19 atom stereocenters. The molecular formula is C44H67N13O13. The number of aliphatic hydroxyl groups is 6. The number of hydrogen-bond donors (Lipinski definition) is 13. The van der Waals surface area contributed by atoms with Crippen molar-refractivity contribution in [3.8, 4) is 17.1 Å². The van der Waals surface area contributed by atoms with Gasteiger partial charge in [-0.15, -0.1) is 5.10 Å². The molecule has 386 valence electrons. The van der Waals surface area contributed by atoms with Crippen LogP contribution in [0.4, 0.5) is 5.69 Å². The summed E-state index contributed by atoms with van der Waals surface area (Å²) in [7, 11) is 2.14. The molecule has 0 spiro atoms. The summed E-state index contributed by atoms with van der Waals surface area (Å²) in [6.45, 7) is 3.56. The van der Waals surface area contributed by atoms with Gasteiger partial charge in [-0.25, -0.2) is 9.67 Å². The largest absolute Gasteiger partial charge is 0.487 e. The fourth-order valence-corrected chi connectivity index (χ4v) is 9.68. The topological polar surface area (TPSA) is 408 Å². The van der Waals surface area contributed by atoms with E-state index < -0.39 is 116 Å². The zero-order valence-electron chi connectivity index (χ0n) is 38.6. The molecule has 9 rings (SSSR count). The molecular weight excluding hydrogens is 919 g/mol. The van der Waals surface area contributed by atoms with Gasteiger partial charge >= 0.3 is 0 Å². The highest BCUT2D eigenvalue weighted by Crippen LogP contribution is 2.35. The molecule has 4 saturated heterocycles. The van der Waals surface area contributed by atoms with Crippen LogP contribution in [0.3, 0.4) is 0 Å². The molecule has 26 heteroatoms. The number of hydrogen-bond acceptors (Lipinski definition) is 24. The lowest BCUT2D eigenvalue weighted by atomic mass is 9.84. The summed E-state index contributed by atoms with van der Waals surface area (Å²) < 4.78 is 44.2. The number of nitrogens with zero attached hydrogens (tertiary/aromatic N) is 6. The number of piperazine rings is 1. The Morgan fingerprint density at radius 2 is 1.30 bits per heavy atom. The van der Waals surface area contributed by atoms with Crippen molar-refractivity contribution in [2.45, 2.75) is 136 Å². The van der Waals surface area contributed by atoms with E-state index in [1.54, 1.807) is 6.20 Å². The fraction of sp³-hybridized carbons (Fsp3) is 0.659. The summed E-state index contributed by atoms with van der Waals surface area (Å²) >= 11 is 0. The van der Waals surface area contributed by atoms with Gasteiger partial charge in [-0.2, -0.15) is 0 Å². The summed E-state index contributed by atoms with van der Waals surface area (Å²) in [5, 5.41) is 74.2. The number of rotatable bonds is 15. The first-order valence-corrected chi connectivity index (χ1v) is 23.6. The molecule has 1 saturated carbocycles. The minimum Gasteiger partial charge on any atom is -0.487 e. The van der Waals surface area contributed by atoms with Gasteiger partial charge in [0, 0.05) is 62.6 Å². The van der Waals surface area contributed by atoms with Crippen LogP contribution >= 0.6 is 0 Å². The lowest BCUT2D eigenvalue weighted by Crippen LogP contribution is -2.68. The van der Waals surface area contributed by atoms with Crippen LogP contribution in [0, 0.1) is 0 Å². The van der Waals surface area contributed by atoms with Crippen LogP contribution in [0.5, 0.6) is 5.75 Å². The minimum atomic E-state index is -1.64. The van der Waals surface area contributed by atoms with Crippen molar-refractivity contribution in [3.05, 3.63) is 54.4 Å². The number of nitrogens with two attached hydrogens (primary N) is 6. The van der Waals surface area contributed by atoms with Gasteiger partial charge in [-0.3, -0.25) is 0 Å². The number of aromatic amines is 1. The van der Waals surface area contributed by atoms with E-state index in [0.29, 0.717) is 11.4 Å². The number of nitrogens with one attached hydrogen (secondary N) is 1. The Balaban J connectivity index is 0.879. The second-order valence-electron chi connectivity index (χ2n) is 18.9. The molecule has 70 heavy (non-hydrogen) atoms. The van der Waals surface area contributed by atoms with Crippen molar-refractivity contribution in [3.63, 3.8) is 0 Å². The quantitative estimate of drug-likeness (QED) is 0.0528. The molecule has 26 nitrogen and oxygen atoms in total. The maximum atomic E-state index is 11.9. The van der Waals surface area contributed by atoms with Crippen LogP contribution in [0.15, 0.2) is 48.7 Å². The molecule has 2 aromatic carbocycles. The molecule has 5 fully saturated rings. The second kappa shape index (κ2) is 21.5. The van der Waals surface area contributed by atoms with Gasteiger partial charge in [-0.1, -0.05) is 5.21 Å². The maximum absolute atomic E-state index is 11.9. The van der Waals surface area contributed by atoms with Crippen molar-refractivity contribution < 1.29 is 63.8 Å². The third-order valence-electron chi connectivity index (χ3n) is 14.0. The summed E-state index contributed by atoms with van der Waals surface area (Å²) in [5.74, 6) is 1.31. The molecule has 1 aliphatic carbocycles. The SMILES string of the molecule is CN1CCN(c2ccc3nc(-c4ccc(OCc5cn(C[C@H]6OC(O[C@@H]7C(O)[C@H](N)CC(N)[C@H]7O[C@H]7OC(CN)[C@@H](O)[C@H](O)C7N)[C@@H](O)[C@H]6O[C@H]6O[C@@H](CN)[C@@H](O)C(O)C6N)nn5)cc4)[nH]c3c2)CC1. The smallest absolute Gasteiger partial charge is 0.187 e. The van der Waals surface area contributed by atoms with Crippen LogP contribution in [-0.2, 0) is 41.6 Å². The van der Waals surface area contributed by atoms with Crippen molar-refractivity contribution in [2.24, 2.45) is 34.4 Å². The fourth-order valence-electron chi connectivity index (χ4n) is 9.68. The van der Waals surface area contributed by atoms with Gasteiger partial charge in [0.1, 0.15) is 91.0 Å². The van der Waals surface area contributed by atoms with Gasteiger partial charge in [-0.05, 0) is 55.9 Å². The molecule has 7 unspecified atom stereocenters. The molecule has 0 amide bonds. The van der Waals surface area contributed by atoms with Crippen LogP contribution < -0.4 is 44.0 Å². The van der Waals surface area contributed by atoms with Gasteiger partial charge in [0.25, 0.3) is 0 Å². The third-order valence-corrected chi connectivity index (χ3v) is 14.0. The normalized spacial score (nSPS) is 38.6. The molecule has 5 aliphatic rings. The number of benzene rings is 2. The Kier molecular flexibility index (Phi) is 15.6. The number of likely N-dealkylation sites (N-methyl/N-ethyl adjacent to an activating group) is 1. The lowest BCUT2D eigenvalue weighted by molar-refractivity contribution is -0.306. The van der Waals surface area contributed by atoms with Crippen molar-refractivity contribution in [2.75, 3.05) is 51.2 Å². The van der Waals surface area contributed by atoms with Crippen LogP contribution in [0.2, 0.25) is 0 Å². The van der Waals surface area contributed by atoms with Crippen LogP contribution in [0.25, 0.3) is 22.4 Å². The van der Waals surface area contributed by atoms with Crippen LogP contribution in [-0.4, -0.2) is 223 Å². The van der Waals surface area contributed by atoms with E-state index in [9.17, 15) is 30.6 Å². The predicted octanol–water partition coefficient (Wildman–Crippen LogP) is -5.72. The average molecular weight is 986 g/mol. The summed E-state index contributed by atoms with van der Waals surface area (Å²) in [6.07, 6.45) is -18.6. The number of aromatic nitrogens is 5. The van der Waals surface area contributed by atoms with E-state index in [2.05, 4.69) is 44.3 Å². The number of aliphatic hydroxyl groups excluding tert-OH is 6. The van der Waals surface area contributed by atoms with Gasteiger partial charge in [0.05, 0.1) is 42.0 Å². The number of H-pyrrole nitrogens is 1. The summed E-state index contributed by atoms with van der Waals surface area (Å²) in [6, 6.07) is 9.45. The molecule has 6 heterocycles. The van der Waals surface area contributed by atoms with Gasteiger partial charge in [0.2, 0.25) is 0 Å². The van der Waals surface area contributed by atoms with E-state index >= 15 is 0 Å². The lowest BCUT2D eigenvalue weighted by Gasteiger charge is -2.47. The monoisotopic (exact) mass is 985 g/mol. The zero-order chi connectivity index (χ0) is 49.5. The first-order chi connectivity index (χ1) is 33.6. The molecule has 2 aromatic heterocycles. The standard InChI is InChI=1S/C44H67N13O13/c1-55-8-10-56(11-9-55)21-4-7-25-26(12-21)52-41(51-25)19-2-5-22(6-3-19)64-18-20-16-57(54-53-20)17-29-39(69-43-31(50)36(62)34(60)28(15-46)66-43)37(63)44(67-29)70-40-32(58)23(47)13-24(48)38(40)68-42-30(49)35(61)33(59)27(14-45)65-42/h2-7,12,16,23-24,27-40,42-44,58-63H,8-11,13-15,17-18,45-50H2,1H3,(H,51,52)/t23-,24?,27?,28+,29-,30?,31?,32?,33-,34-,35-,36?,37+,38-,39+,40-,42-,43-,44?/m1/s1. The Bertz CT molecular complexity index is 2320. The predicted molar refractivity (Wildman–Crippen MR) is 247 cm³/mol. The highest BCUT2D eigenvalue weighted by Gasteiger charge is 2.54. The third kappa shape index (κ3) is 10.5. The van der Waals surface area contributed by atoms with E-state index in [1.165, 1.54) is 4.68 Å². The Morgan fingerprint density at radius 1 is 0.686 bits per heavy atom. The minimum absolute atomic E-state index is 0.0438. The van der Waals surface area contributed by atoms with Crippen molar-refractivity contribution in [1.29, 1.82) is 0 Å². The number of ether oxygens (including phenoxy) is 7. The highest BCUT2D eigenvalue weighted by molar-refractivity contribution is 5.83. The summed E-state index contributed by atoms with van der Waals surface area (Å²) in [4.78, 5) is 13.0. The van der Waals surface area contributed by atoms with Gasteiger partial charge < -0.3 is 113 Å². The van der Waals surface area contributed by atoms with E-state index in [-0.39, 0.29) is 32.7 Å². The average Bonchev–Trinajstić information content (AvgIpc) is 4.08. The van der Waals surface area contributed by atoms with E-state index in [4.69, 9.17) is 72.5 Å². The van der Waals surface area contributed by atoms with E-state index in [0.717, 1.165) is 54.3 Å². The van der Waals surface area contributed by atoms with Crippen molar-refractivity contribution in [1.82, 2.24) is 29.9 Å². The zero-order valence-corrected chi connectivity index (χ0v) is 38.6. The first kappa shape index (κ1) is 50.8. The molecule has 0 bridgehead atoms. The number of anilines is 1.